The van der Waals surface area contributed by atoms with Gasteiger partial charge in [-0.15, -0.1) is 0 Å². The maximum absolute atomic E-state index is 9.08. The number of halogens is 1. The van der Waals surface area contributed by atoms with E-state index < -0.39 is 0 Å². The first-order chi connectivity index (χ1) is 7.09. The van der Waals surface area contributed by atoms with Crippen LogP contribution in [0.5, 0.6) is 0 Å². The van der Waals surface area contributed by atoms with Crippen LogP contribution in [0.3, 0.4) is 0 Å². The van der Waals surface area contributed by atoms with Crippen LogP contribution in [0.2, 0.25) is 0 Å². The van der Waals surface area contributed by atoms with Gasteiger partial charge in [0.15, 0.2) is 0 Å². The van der Waals surface area contributed by atoms with E-state index in [1.165, 1.54) is 11.1 Å². The van der Waals surface area contributed by atoms with E-state index in [1.807, 2.05) is 6.92 Å². The molecule has 0 aliphatic carbocycles. The molecular formula is C12H18BrNO. The second-order valence-corrected chi connectivity index (χ2v) is 4.75. The highest BCUT2D eigenvalue weighted by molar-refractivity contribution is 9.10. The third-order valence-electron chi connectivity index (χ3n) is 2.29. The van der Waals surface area contributed by atoms with Crippen LogP contribution in [0.15, 0.2) is 22.7 Å². The molecule has 2 nitrogen and oxygen atoms in total. The molecule has 0 aromatic heterocycles. The minimum absolute atomic E-state index is 0.218. The lowest BCUT2D eigenvalue weighted by Crippen LogP contribution is -2.18. The van der Waals surface area contributed by atoms with Gasteiger partial charge >= 0.3 is 0 Å². The summed E-state index contributed by atoms with van der Waals surface area (Å²) in [6.07, 6.45) is 0.583. The van der Waals surface area contributed by atoms with E-state index in [9.17, 15) is 0 Å². The van der Waals surface area contributed by atoms with E-state index in [1.54, 1.807) is 0 Å². The van der Waals surface area contributed by atoms with E-state index in [0.717, 1.165) is 24.0 Å². The maximum Gasteiger partial charge on any atom is 0.0524 e. The summed E-state index contributed by atoms with van der Waals surface area (Å²) in [5, 5.41) is 12.4. The molecule has 0 amide bonds. The molecule has 2 N–H and O–H groups in total. The Morgan fingerprint density at radius 3 is 2.80 bits per heavy atom. The van der Waals surface area contributed by atoms with E-state index in [2.05, 4.69) is 46.4 Å². The molecule has 0 spiro atoms. The Hall–Kier alpha value is -0.380. The topological polar surface area (TPSA) is 32.3 Å². The lowest BCUT2D eigenvalue weighted by molar-refractivity contribution is 0.183. The Bertz CT molecular complexity index is 312. The molecule has 0 aliphatic rings. The van der Waals surface area contributed by atoms with E-state index in [4.69, 9.17) is 5.11 Å². The van der Waals surface area contributed by atoms with Crippen molar-refractivity contribution < 1.29 is 5.11 Å². The lowest BCUT2D eigenvalue weighted by Gasteiger charge is -2.07. The molecule has 0 bridgehead atoms. The van der Waals surface area contributed by atoms with Gasteiger partial charge in [-0.25, -0.2) is 0 Å². The van der Waals surface area contributed by atoms with Gasteiger partial charge in [-0.2, -0.15) is 0 Å². The zero-order chi connectivity index (χ0) is 11.3. The molecule has 3 heteroatoms. The summed E-state index contributed by atoms with van der Waals surface area (Å²) in [4.78, 5) is 0. The van der Waals surface area contributed by atoms with Crippen molar-refractivity contribution in [3.05, 3.63) is 33.8 Å². The highest BCUT2D eigenvalue weighted by Gasteiger charge is 1.98. The molecule has 1 rings (SSSR count). The molecule has 1 aromatic rings. The number of hydrogen-bond donors (Lipinski definition) is 2. The number of aliphatic hydroxyl groups is 1. The molecule has 1 aromatic carbocycles. The fourth-order valence-corrected chi connectivity index (χ4v) is 1.61. The molecule has 0 heterocycles. The number of hydrogen-bond acceptors (Lipinski definition) is 2. The van der Waals surface area contributed by atoms with Crippen LogP contribution in [0.1, 0.15) is 24.5 Å². The summed E-state index contributed by atoms with van der Waals surface area (Å²) >= 11 is 3.48. The van der Waals surface area contributed by atoms with Gasteiger partial charge in [0.1, 0.15) is 0 Å². The average molecular weight is 272 g/mol. The first-order valence-electron chi connectivity index (χ1n) is 5.23. The Labute approximate surface area is 99.8 Å². The van der Waals surface area contributed by atoms with Crippen LogP contribution in [0.4, 0.5) is 0 Å². The van der Waals surface area contributed by atoms with E-state index in [0.29, 0.717) is 0 Å². The summed E-state index contributed by atoms with van der Waals surface area (Å²) in [5.74, 6) is 0. The fraction of sp³-hybridized carbons (Fsp3) is 0.500. The van der Waals surface area contributed by atoms with Gasteiger partial charge in [0, 0.05) is 11.0 Å². The molecule has 0 saturated heterocycles. The normalized spacial score (nSPS) is 12.8. The summed E-state index contributed by atoms with van der Waals surface area (Å²) in [6, 6.07) is 6.34. The zero-order valence-electron chi connectivity index (χ0n) is 9.26. The smallest absolute Gasteiger partial charge is 0.0524 e. The van der Waals surface area contributed by atoms with Crippen LogP contribution >= 0.6 is 15.9 Å². The summed E-state index contributed by atoms with van der Waals surface area (Å²) in [6.45, 7) is 5.61. The third-order valence-corrected chi connectivity index (χ3v) is 3.18. The summed E-state index contributed by atoms with van der Waals surface area (Å²) < 4.78 is 1.15. The first-order valence-corrected chi connectivity index (χ1v) is 6.02. The van der Waals surface area contributed by atoms with E-state index in [-0.39, 0.29) is 6.10 Å². The Morgan fingerprint density at radius 2 is 2.20 bits per heavy atom. The minimum Gasteiger partial charge on any atom is -0.393 e. The molecule has 0 radical (unpaired) electrons. The number of rotatable bonds is 5. The van der Waals surface area contributed by atoms with Crippen LogP contribution in [0.25, 0.3) is 0 Å². The van der Waals surface area contributed by atoms with Crippen LogP contribution in [-0.2, 0) is 6.54 Å². The molecular weight excluding hydrogens is 254 g/mol. The standard InChI is InChI=1S/C12H18BrNO/c1-9-7-11(3-4-12(9)13)8-14-6-5-10(2)15/h3-4,7,10,14-15H,5-6,8H2,1-2H3/t10-/m0/s1. The van der Waals surface area contributed by atoms with Crippen molar-refractivity contribution in [2.24, 2.45) is 0 Å². The predicted octanol–water partition coefficient (Wildman–Crippen LogP) is 2.62. The van der Waals surface area contributed by atoms with Gasteiger partial charge in [0.25, 0.3) is 0 Å². The van der Waals surface area contributed by atoms with Crippen LogP contribution in [-0.4, -0.2) is 17.8 Å². The van der Waals surface area contributed by atoms with Crippen LogP contribution in [0, 0.1) is 6.92 Å². The number of aryl methyl sites for hydroxylation is 1. The SMILES string of the molecule is Cc1cc(CNCC[C@H](C)O)ccc1Br. The second-order valence-electron chi connectivity index (χ2n) is 3.90. The molecule has 15 heavy (non-hydrogen) atoms. The molecule has 1 atom stereocenters. The van der Waals surface area contributed by atoms with Crippen molar-refractivity contribution in [1.82, 2.24) is 5.32 Å². The van der Waals surface area contributed by atoms with Crippen molar-refractivity contribution in [2.75, 3.05) is 6.54 Å². The second kappa shape index (κ2) is 6.26. The molecule has 0 aliphatic heterocycles. The van der Waals surface area contributed by atoms with Gasteiger partial charge < -0.3 is 10.4 Å². The van der Waals surface area contributed by atoms with Crippen molar-refractivity contribution >= 4 is 15.9 Å². The third kappa shape index (κ3) is 4.78. The largest absolute Gasteiger partial charge is 0.393 e. The lowest BCUT2D eigenvalue weighted by atomic mass is 10.1. The number of benzene rings is 1. The van der Waals surface area contributed by atoms with Crippen molar-refractivity contribution in [2.45, 2.75) is 32.9 Å². The van der Waals surface area contributed by atoms with Crippen molar-refractivity contribution in [1.29, 1.82) is 0 Å². The van der Waals surface area contributed by atoms with E-state index >= 15 is 0 Å². The predicted molar refractivity (Wildman–Crippen MR) is 66.9 cm³/mol. The molecule has 0 unspecified atom stereocenters. The maximum atomic E-state index is 9.08. The summed E-state index contributed by atoms with van der Waals surface area (Å²) in [5.41, 5.74) is 2.53. The van der Waals surface area contributed by atoms with Gasteiger partial charge in [-0.1, -0.05) is 28.1 Å². The van der Waals surface area contributed by atoms with Gasteiger partial charge in [0.2, 0.25) is 0 Å². The highest BCUT2D eigenvalue weighted by Crippen LogP contribution is 2.16. The average Bonchev–Trinajstić information content (AvgIpc) is 2.18. The van der Waals surface area contributed by atoms with Crippen molar-refractivity contribution in [3.63, 3.8) is 0 Å². The van der Waals surface area contributed by atoms with Crippen molar-refractivity contribution in [3.8, 4) is 0 Å². The summed E-state index contributed by atoms with van der Waals surface area (Å²) in [7, 11) is 0. The Balaban J connectivity index is 2.35. The zero-order valence-corrected chi connectivity index (χ0v) is 10.8. The Kier molecular flexibility index (Phi) is 5.29. The van der Waals surface area contributed by atoms with Gasteiger partial charge in [-0.3, -0.25) is 0 Å². The Morgan fingerprint density at radius 1 is 1.47 bits per heavy atom. The number of aliphatic hydroxyl groups excluding tert-OH is 1. The monoisotopic (exact) mass is 271 g/mol. The van der Waals surface area contributed by atoms with Crippen LogP contribution < -0.4 is 5.32 Å². The fourth-order valence-electron chi connectivity index (χ4n) is 1.36. The molecule has 0 saturated carbocycles. The molecule has 0 fully saturated rings. The molecule has 84 valence electrons. The first kappa shape index (κ1) is 12.7. The number of nitrogens with one attached hydrogen (secondary N) is 1. The highest BCUT2D eigenvalue weighted by atomic mass is 79.9. The minimum atomic E-state index is -0.218. The van der Waals surface area contributed by atoms with Gasteiger partial charge in [-0.05, 0) is 44.0 Å². The van der Waals surface area contributed by atoms with Gasteiger partial charge in [0.05, 0.1) is 6.10 Å². The quantitative estimate of drug-likeness (QED) is 0.808.